The van der Waals surface area contributed by atoms with Crippen LogP contribution < -0.4 is 27.0 Å². The second-order valence-corrected chi connectivity index (χ2v) is 15.3. The highest BCUT2D eigenvalue weighted by atomic mass is 32.2. The molecule has 5 amide bonds. The van der Waals surface area contributed by atoms with Crippen LogP contribution in [0.25, 0.3) is 21.3 Å². The van der Waals surface area contributed by atoms with Gasteiger partial charge in [-0.1, -0.05) is 45.9 Å². The Labute approximate surface area is 308 Å². The van der Waals surface area contributed by atoms with Gasteiger partial charge >= 0.3 is 5.97 Å². The average molecular weight is 744 g/mol. The first-order valence-corrected chi connectivity index (χ1v) is 18.6. The third-order valence-electron chi connectivity index (χ3n) is 7.83. The predicted octanol–water partition coefficient (Wildman–Crippen LogP) is 3.00. The second-order valence-electron chi connectivity index (χ2n) is 14.3. The molecule has 0 aliphatic rings. The number of carbonyl (C=O) groups is 6. The minimum atomic E-state index is -1.45. The molecule has 2 aromatic rings. The molecule has 16 nitrogen and oxygen atoms in total. The molecule has 52 heavy (non-hydrogen) atoms. The quantitative estimate of drug-likeness (QED) is 0.0535. The Morgan fingerprint density at radius 1 is 0.923 bits per heavy atom. The lowest BCUT2D eigenvalue weighted by Gasteiger charge is -2.28. The van der Waals surface area contributed by atoms with Crippen LogP contribution in [0.5, 0.6) is 0 Å². The molecular formula is C35H53N9O7S. The minimum Gasteiger partial charge on any atom is -0.460 e. The Morgan fingerprint density at radius 3 is 2.13 bits per heavy atom. The molecule has 0 radical (unpaired) electrons. The molecule has 0 spiro atoms. The fourth-order valence-corrected chi connectivity index (χ4v) is 5.77. The number of nitrogens with zero attached hydrogens (tertiary/aromatic N) is 3. The number of nitrogens with one attached hydrogen (secondary N) is 5. The number of ether oxygens (including phenoxy) is 1. The summed E-state index contributed by atoms with van der Waals surface area (Å²) in [4.78, 5) is 85.2. The molecule has 0 fully saturated rings. The van der Waals surface area contributed by atoms with Gasteiger partial charge in [0.2, 0.25) is 29.5 Å². The summed E-state index contributed by atoms with van der Waals surface area (Å²) in [5, 5.41) is 14.5. The Kier molecular flexibility index (Phi) is 17.1. The second kappa shape index (κ2) is 20.4. The van der Waals surface area contributed by atoms with Crippen LogP contribution >= 0.6 is 11.8 Å². The first kappa shape index (κ1) is 43.6. The molecule has 0 saturated carbocycles. The van der Waals surface area contributed by atoms with Gasteiger partial charge in [-0.3, -0.25) is 28.8 Å². The van der Waals surface area contributed by atoms with E-state index in [1.54, 1.807) is 40.8 Å². The van der Waals surface area contributed by atoms with Crippen LogP contribution in [0.1, 0.15) is 73.3 Å². The summed E-state index contributed by atoms with van der Waals surface area (Å²) in [5.41, 5.74) is 15.8. The van der Waals surface area contributed by atoms with Gasteiger partial charge in [0.1, 0.15) is 23.7 Å². The molecule has 0 bridgehead atoms. The first-order chi connectivity index (χ1) is 24.4. The van der Waals surface area contributed by atoms with Crippen LogP contribution in [-0.2, 0) is 39.9 Å². The molecule has 1 aromatic carbocycles. The summed E-state index contributed by atoms with van der Waals surface area (Å²) in [7, 11) is 0. The number of hydrogen-bond donors (Lipinski definition) is 6. The van der Waals surface area contributed by atoms with Crippen molar-refractivity contribution in [2.45, 2.75) is 110 Å². The van der Waals surface area contributed by atoms with Crippen LogP contribution in [0.3, 0.4) is 0 Å². The summed E-state index contributed by atoms with van der Waals surface area (Å²) in [6.07, 6.45) is 3.51. The maximum atomic E-state index is 13.8. The molecular weight excluding hydrogens is 691 g/mol. The van der Waals surface area contributed by atoms with Crippen molar-refractivity contribution >= 4 is 58.2 Å². The number of hydrogen-bond acceptors (Lipinski definition) is 9. The van der Waals surface area contributed by atoms with Crippen molar-refractivity contribution < 1.29 is 33.5 Å². The molecule has 286 valence electrons. The molecule has 1 aromatic heterocycles. The number of aromatic nitrogens is 1. The molecule has 0 aliphatic heterocycles. The lowest BCUT2D eigenvalue weighted by atomic mass is 9.99. The van der Waals surface area contributed by atoms with E-state index in [0.29, 0.717) is 5.75 Å². The molecule has 7 N–H and O–H groups in total. The lowest BCUT2D eigenvalue weighted by Crippen LogP contribution is -2.59. The first-order valence-electron chi connectivity index (χ1n) is 17.2. The Hall–Kier alpha value is -4.60. The van der Waals surface area contributed by atoms with Crippen LogP contribution in [-0.4, -0.2) is 88.3 Å². The number of amides is 5. The number of carbonyl (C=O) groups excluding carboxylic acids is 6. The number of benzene rings is 1. The zero-order chi connectivity index (χ0) is 39.2. The largest absolute Gasteiger partial charge is 0.460 e. The molecule has 17 heteroatoms. The van der Waals surface area contributed by atoms with E-state index in [1.165, 1.54) is 11.8 Å². The van der Waals surface area contributed by atoms with Gasteiger partial charge in [0.25, 0.3) is 0 Å². The summed E-state index contributed by atoms with van der Waals surface area (Å²) in [6.45, 7) is 12.0. The number of rotatable bonds is 19. The molecule has 0 unspecified atom stereocenters. The van der Waals surface area contributed by atoms with E-state index in [1.807, 2.05) is 44.4 Å². The van der Waals surface area contributed by atoms with Crippen molar-refractivity contribution in [3.05, 3.63) is 46.5 Å². The Bertz CT molecular complexity index is 1610. The van der Waals surface area contributed by atoms with Gasteiger partial charge < -0.3 is 36.7 Å². The summed E-state index contributed by atoms with van der Waals surface area (Å²) in [6, 6.07) is 1.58. The summed E-state index contributed by atoms with van der Waals surface area (Å²) >= 11 is 1.42. The maximum absolute atomic E-state index is 13.8. The normalized spacial score (nSPS) is 14.4. The Morgan fingerprint density at radius 2 is 1.54 bits per heavy atom. The van der Waals surface area contributed by atoms with Gasteiger partial charge in [0.15, 0.2) is 0 Å². The smallest absolute Gasteiger partial charge is 0.308 e. The molecule has 1 heterocycles. The number of thioether (sulfide) groups is 1. The third-order valence-corrected chi connectivity index (χ3v) is 8.47. The highest BCUT2D eigenvalue weighted by Gasteiger charge is 2.34. The fraction of sp³-hybridized carbons (Fsp3) is 0.600. The van der Waals surface area contributed by atoms with Crippen molar-refractivity contribution in [3.63, 3.8) is 0 Å². The van der Waals surface area contributed by atoms with E-state index < -0.39 is 83.7 Å². The van der Waals surface area contributed by atoms with E-state index in [0.717, 1.165) is 16.5 Å². The topological polar surface area (TPSA) is 250 Å². The van der Waals surface area contributed by atoms with Gasteiger partial charge in [-0.2, -0.15) is 11.8 Å². The van der Waals surface area contributed by atoms with E-state index in [2.05, 4.69) is 36.3 Å². The molecule has 0 saturated heterocycles. The maximum Gasteiger partial charge on any atom is 0.308 e. The minimum absolute atomic E-state index is 0.0291. The van der Waals surface area contributed by atoms with Gasteiger partial charge in [-0.15, -0.1) is 0 Å². The van der Waals surface area contributed by atoms with Crippen LogP contribution in [0.15, 0.2) is 35.6 Å². The van der Waals surface area contributed by atoms with Crippen molar-refractivity contribution in [2.24, 2.45) is 22.7 Å². The monoisotopic (exact) mass is 743 g/mol. The van der Waals surface area contributed by atoms with Crippen molar-refractivity contribution in [2.75, 3.05) is 12.0 Å². The fourth-order valence-electron chi connectivity index (χ4n) is 5.30. The standard InChI is InChI=1S/C35H53N9O7S/c1-19(2)15-26(33(49)43-44-37)41-34(50)29(20(3)4)42-31(47)25(13-14-52-8)39-32(48)27(17-28(45)51-35(5,6)7)40-30(46)23(36)16-21-18-38-24-12-10-9-11-22(21)24/h9-12,18-20,23,25-27,29,38H,13-17,36H2,1-8H3,(H,39,48)(H,40,46)(H,41,50)(H,42,47)/t23-,25+,26+,27-,29-/m1/s1. The van der Waals surface area contributed by atoms with Crippen molar-refractivity contribution in [1.29, 1.82) is 0 Å². The van der Waals surface area contributed by atoms with E-state index >= 15 is 0 Å². The number of fused-ring (bicyclic) bond motifs is 1. The zero-order valence-electron chi connectivity index (χ0n) is 31.1. The average Bonchev–Trinajstić information content (AvgIpc) is 3.45. The SMILES string of the molecule is CSCC[C@H](NC(=O)[C@@H](CC(=O)OC(C)(C)C)NC(=O)[C@H](N)Cc1c[nH]c2ccccc12)C(=O)N[C@@H](C(=O)N[C@@H](CC(C)C)C(=O)N=[N+]=[N-])C(C)C. The van der Waals surface area contributed by atoms with E-state index in [-0.39, 0.29) is 25.2 Å². The third kappa shape index (κ3) is 14.2. The molecule has 2 rings (SSSR count). The number of esters is 1. The molecule has 5 atom stereocenters. The predicted molar refractivity (Wildman–Crippen MR) is 200 cm³/mol. The van der Waals surface area contributed by atoms with Crippen molar-refractivity contribution in [3.8, 4) is 0 Å². The van der Waals surface area contributed by atoms with E-state index in [4.69, 9.17) is 16.0 Å². The Balaban J connectivity index is 2.29. The number of H-pyrrole nitrogens is 1. The van der Waals surface area contributed by atoms with E-state index in [9.17, 15) is 28.8 Å². The van der Waals surface area contributed by atoms with Gasteiger partial charge in [-0.05, 0) is 86.2 Å². The zero-order valence-corrected chi connectivity index (χ0v) is 32.0. The number of para-hydroxylation sites is 1. The summed E-state index contributed by atoms with van der Waals surface area (Å²) < 4.78 is 5.42. The van der Waals surface area contributed by atoms with Crippen LogP contribution in [0.4, 0.5) is 0 Å². The van der Waals surface area contributed by atoms with Crippen LogP contribution in [0, 0.1) is 11.8 Å². The van der Waals surface area contributed by atoms with Gasteiger partial charge in [0, 0.05) is 22.0 Å². The van der Waals surface area contributed by atoms with Gasteiger partial charge in [-0.25, -0.2) is 0 Å². The number of azide groups is 1. The highest BCUT2D eigenvalue weighted by Crippen LogP contribution is 2.19. The van der Waals surface area contributed by atoms with Crippen molar-refractivity contribution in [1.82, 2.24) is 26.3 Å². The van der Waals surface area contributed by atoms with Gasteiger partial charge in [0.05, 0.1) is 18.5 Å². The van der Waals surface area contributed by atoms with Crippen LogP contribution in [0.2, 0.25) is 0 Å². The molecule has 0 aliphatic carbocycles. The highest BCUT2D eigenvalue weighted by molar-refractivity contribution is 7.98. The number of nitrogens with two attached hydrogens (primary N) is 1. The summed E-state index contributed by atoms with van der Waals surface area (Å²) in [5.74, 6) is -4.56. The lowest BCUT2D eigenvalue weighted by molar-refractivity contribution is -0.156. The number of aromatic amines is 1.